The van der Waals surface area contributed by atoms with Gasteiger partial charge in [-0.15, -0.1) is 0 Å². The van der Waals surface area contributed by atoms with Crippen molar-refractivity contribution >= 4 is 46.1 Å². The van der Waals surface area contributed by atoms with E-state index in [0.29, 0.717) is 17.3 Å². The maximum Gasteiger partial charge on any atom is 0.291 e. The van der Waals surface area contributed by atoms with Crippen LogP contribution < -0.4 is 10.9 Å². The van der Waals surface area contributed by atoms with E-state index in [1.165, 1.54) is 6.20 Å². The fourth-order valence-electron chi connectivity index (χ4n) is 2.81. The lowest BCUT2D eigenvalue weighted by molar-refractivity contribution is 0.807. The summed E-state index contributed by atoms with van der Waals surface area (Å²) in [5.41, 5.74) is 2.65. The van der Waals surface area contributed by atoms with Crippen molar-refractivity contribution in [1.82, 2.24) is 19.2 Å². The van der Waals surface area contributed by atoms with Gasteiger partial charge in [-0.1, -0.05) is 40.9 Å². The van der Waals surface area contributed by atoms with E-state index in [1.807, 2.05) is 35.0 Å². The Labute approximate surface area is 175 Å². The standard InChI is InChI=1S/C19H14Cl3N5O/c20-14-9-13(27-19(28)18(22)15(21)10-24-27)4-5-16(14)23-7-6-12-11-26-8-2-1-3-17(26)25-12/h1-5,8-11,23H,6-7H2. The highest BCUT2D eigenvalue weighted by Crippen LogP contribution is 2.25. The van der Waals surface area contributed by atoms with Gasteiger partial charge in [0, 0.05) is 25.4 Å². The van der Waals surface area contributed by atoms with Crippen LogP contribution in [-0.4, -0.2) is 25.7 Å². The van der Waals surface area contributed by atoms with E-state index in [9.17, 15) is 4.79 Å². The zero-order valence-electron chi connectivity index (χ0n) is 14.4. The van der Waals surface area contributed by atoms with Crippen molar-refractivity contribution in [3.8, 4) is 5.69 Å². The lowest BCUT2D eigenvalue weighted by atomic mass is 10.2. The first-order valence-electron chi connectivity index (χ1n) is 8.42. The molecule has 0 fully saturated rings. The molecule has 0 unspecified atom stereocenters. The molecule has 0 saturated carbocycles. The largest absolute Gasteiger partial charge is 0.383 e. The predicted molar refractivity (Wildman–Crippen MR) is 112 cm³/mol. The minimum Gasteiger partial charge on any atom is -0.383 e. The number of nitrogens with zero attached hydrogens (tertiary/aromatic N) is 4. The van der Waals surface area contributed by atoms with E-state index in [1.54, 1.807) is 18.2 Å². The number of pyridine rings is 1. The van der Waals surface area contributed by atoms with Crippen molar-refractivity contribution in [2.24, 2.45) is 0 Å². The van der Waals surface area contributed by atoms with Gasteiger partial charge in [-0.2, -0.15) is 9.78 Å². The summed E-state index contributed by atoms with van der Waals surface area (Å²) < 4.78 is 3.14. The van der Waals surface area contributed by atoms with Crippen LogP contribution >= 0.6 is 34.8 Å². The molecule has 0 amide bonds. The molecule has 0 bridgehead atoms. The number of rotatable bonds is 5. The Bertz CT molecular complexity index is 1180. The van der Waals surface area contributed by atoms with Crippen LogP contribution in [0.25, 0.3) is 11.3 Å². The third-order valence-electron chi connectivity index (χ3n) is 4.18. The van der Waals surface area contributed by atoms with Crippen LogP contribution in [0, 0.1) is 0 Å². The third-order valence-corrected chi connectivity index (χ3v) is 5.25. The first-order valence-corrected chi connectivity index (χ1v) is 9.56. The van der Waals surface area contributed by atoms with Crippen molar-refractivity contribution in [1.29, 1.82) is 0 Å². The molecule has 0 spiro atoms. The number of nitrogens with one attached hydrogen (secondary N) is 1. The van der Waals surface area contributed by atoms with Crippen LogP contribution in [0.5, 0.6) is 0 Å². The lowest BCUT2D eigenvalue weighted by Gasteiger charge is -2.10. The van der Waals surface area contributed by atoms with Gasteiger partial charge in [-0.05, 0) is 30.3 Å². The maximum atomic E-state index is 12.2. The zero-order chi connectivity index (χ0) is 19.7. The minimum atomic E-state index is -0.502. The molecule has 4 aromatic rings. The van der Waals surface area contributed by atoms with E-state index in [2.05, 4.69) is 15.4 Å². The monoisotopic (exact) mass is 433 g/mol. The summed E-state index contributed by atoms with van der Waals surface area (Å²) in [6, 6.07) is 11.1. The van der Waals surface area contributed by atoms with Gasteiger partial charge in [-0.25, -0.2) is 4.98 Å². The van der Waals surface area contributed by atoms with Gasteiger partial charge in [0.05, 0.1) is 33.3 Å². The Morgan fingerprint density at radius 1 is 1.07 bits per heavy atom. The average molecular weight is 435 g/mol. The van der Waals surface area contributed by atoms with Gasteiger partial charge >= 0.3 is 0 Å². The van der Waals surface area contributed by atoms with Crippen LogP contribution in [0.1, 0.15) is 5.69 Å². The van der Waals surface area contributed by atoms with Crippen molar-refractivity contribution in [3.05, 3.63) is 86.1 Å². The number of anilines is 1. The molecule has 0 radical (unpaired) electrons. The molecule has 4 rings (SSSR count). The third kappa shape index (κ3) is 3.71. The number of hydrogen-bond donors (Lipinski definition) is 1. The smallest absolute Gasteiger partial charge is 0.291 e. The Balaban J connectivity index is 1.47. The molecule has 0 aliphatic rings. The summed E-state index contributed by atoms with van der Waals surface area (Å²) in [5.74, 6) is 0. The summed E-state index contributed by atoms with van der Waals surface area (Å²) in [5, 5.41) is 7.78. The molecule has 28 heavy (non-hydrogen) atoms. The predicted octanol–water partition coefficient (Wildman–Crippen LogP) is 4.50. The quantitative estimate of drug-likeness (QED) is 0.502. The van der Waals surface area contributed by atoms with Crippen molar-refractivity contribution in [2.45, 2.75) is 6.42 Å². The van der Waals surface area contributed by atoms with Gasteiger partial charge in [0.2, 0.25) is 0 Å². The minimum absolute atomic E-state index is 0.0811. The van der Waals surface area contributed by atoms with Crippen molar-refractivity contribution < 1.29 is 0 Å². The molecule has 0 saturated heterocycles. The molecular weight excluding hydrogens is 421 g/mol. The number of halogens is 3. The molecule has 142 valence electrons. The van der Waals surface area contributed by atoms with Gasteiger partial charge in [0.25, 0.3) is 5.56 Å². The highest BCUT2D eigenvalue weighted by atomic mass is 35.5. The Hall–Kier alpha value is -2.54. The molecule has 0 aliphatic carbocycles. The number of fused-ring (bicyclic) bond motifs is 1. The fourth-order valence-corrected chi connectivity index (χ4v) is 3.30. The van der Waals surface area contributed by atoms with E-state index in [4.69, 9.17) is 34.8 Å². The average Bonchev–Trinajstić information content (AvgIpc) is 3.10. The summed E-state index contributed by atoms with van der Waals surface area (Å²) in [6.45, 7) is 0.661. The summed E-state index contributed by atoms with van der Waals surface area (Å²) in [4.78, 5) is 16.8. The number of imidazole rings is 1. The second kappa shape index (κ2) is 7.83. The molecule has 6 nitrogen and oxygen atoms in total. The molecule has 3 heterocycles. The van der Waals surface area contributed by atoms with Crippen LogP contribution in [-0.2, 0) is 6.42 Å². The molecule has 9 heteroatoms. The maximum absolute atomic E-state index is 12.2. The van der Waals surface area contributed by atoms with E-state index >= 15 is 0 Å². The molecular formula is C19H14Cl3N5O. The zero-order valence-corrected chi connectivity index (χ0v) is 16.7. The summed E-state index contributed by atoms with van der Waals surface area (Å²) >= 11 is 18.1. The molecule has 3 aromatic heterocycles. The molecule has 0 aliphatic heterocycles. The number of hydrogen-bond acceptors (Lipinski definition) is 4. The topological polar surface area (TPSA) is 64.2 Å². The SMILES string of the molecule is O=c1c(Cl)c(Cl)cnn1-c1ccc(NCCc2cn3ccccc3n2)c(Cl)c1. The fraction of sp³-hybridized carbons (Fsp3) is 0.105. The normalized spacial score (nSPS) is 11.1. The summed E-state index contributed by atoms with van der Waals surface area (Å²) in [6.07, 6.45) is 6.03. The number of benzene rings is 1. The molecule has 1 aromatic carbocycles. The van der Waals surface area contributed by atoms with Crippen LogP contribution in [0.15, 0.2) is 59.8 Å². The highest BCUT2D eigenvalue weighted by molar-refractivity contribution is 6.41. The van der Waals surface area contributed by atoms with Crippen LogP contribution in [0.3, 0.4) is 0 Å². The lowest BCUT2D eigenvalue weighted by Crippen LogP contribution is -2.21. The van der Waals surface area contributed by atoms with E-state index < -0.39 is 5.56 Å². The Kier molecular flexibility index (Phi) is 5.26. The van der Waals surface area contributed by atoms with Crippen LogP contribution in [0.2, 0.25) is 15.1 Å². The first-order chi connectivity index (χ1) is 13.5. The van der Waals surface area contributed by atoms with Gasteiger partial charge in [0.1, 0.15) is 10.7 Å². The van der Waals surface area contributed by atoms with Crippen molar-refractivity contribution in [2.75, 3.05) is 11.9 Å². The Morgan fingerprint density at radius 2 is 1.93 bits per heavy atom. The molecule has 1 N–H and O–H groups in total. The highest BCUT2D eigenvalue weighted by Gasteiger charge is 2.11. The molecule has 0 atom stereocenters. The first kappa shape index (κ1) is 18.8. The Morgan fingerprint density at radius 3 is 2.71 bits per heavy atom. The van der Waals surface area contributed by atoms with Crippen LogP contribution in [0.4, 0.5) is 5.69 Å². The second-order valence-corrected chi connectivity index (χ2v) is 7.26. The van der Waals surface area contributed by atoms with Gasteiger partial charge < -0.3 is 9.72 Å². The van der Waals surface area contributed by atoms with Gasteiger partial charge in [0.15, 0.2) is 0 Å². The summed E-state index contributed by atoms with van der Waals surface area (Å²) in [7, 11) is 0. The van der Waals surface area contributed by atoms with E-state index in [0.717, 1.165) is 28.1 Å². The number of aromatic nitrogens is 4. The van der Waals surface area contributed by atoms with Crippen molar-refractivity contribution in [3.63, 3.8) is 0 Å². The second-order valence-electron chi connectivity index (χ2n) is 6.06. The van der Waals surface area contributed by atoms with E-state index in [-0.39, 0.29) is 10.0 Å². The van der Waals surface area contributed by atoms with Gasteiger partial charge in [-0.3, -0.25) is 4.79 Å².